The van der Waals surface area contributed by atoms with Gasteiger partial charge in [0.05, 0.1) is 0 Å². The van der Waals surface area contributed by atoms with Gasteiger partial charge in [-0.1, -0.05) is 94.8 Å². The van der Waals surface area contributed by atoms with Gasteiger partial charge in [-0.05, 0) is 35.3 Å². The molecule has 3 aromatic carbocycles. The Morgan fingerprint density at radius 2 is 1.54 bits per heavy atom. The number of benzene rings is 3. The molecule has 0 aliphatic carbocycles. The second-order valence-corrected chi connectivity index (χ2v) is 11.0. The van der Waals surface area contributed by atoms with Crippen molar-refractivity contribution in [1.29, 1.82) is 0 Å². The van der Waals surface area contributed by atoms with Gasteiger partial charge in [0, 0.05) is 11.1 Å². The lowest BCUT2D eigenvalue weighted by atomic mass is 10.00. The largest absolute Gasteiger partial charge is 0.484 e. The van der Waals surface area contributed by atoms with Crippen molar-refractivity contribution in [3.8, 4) is 5.75 Å². The fraction of sp³-hybridized carbons (Fsp3) is 0.233. The molecule has 2 aliphatic rings. The first kappa shape index (κ1) is 27.0. The second kappa shape index (κ2) is 12.5. The number of fused-ring (bicyclic) bond motifs is 1. The van der Waals surface area contributed by atoms with Crippen molar-refractivity contribution in [3.63, 3.8) is 0 Å². The first-order valence-corrected chi connectivity index (χ1v) is 14.7. The van der Waals surface area contributed by atoms with Crippen LogP contribution < -0.4 is 10.1 Å². The van der Waals surface area contributed by atoms with Crippen LogP contribution in [0.5, 0.6) is 5.75 Å². The molecule has 0 saturated carbocycles. The molecular formula is C30H27BrN2O5S. The molecule has 5 rings (SSSR count). The third-order valence-corrected chi connectivity index (χ3v) is 8.23. The summed E-state index contributed by atoms with van der Waals surface area (Å²) in [5.74, 6) is -0.168. The minimum absolute atomic E-state index is 0.208. The number of nitrogens with one attached hydrogen (secondary N) is 1. The lowest BCUT2D eigenvalue weighted by Crippen LogP contribution is -2.71. The van der Waals surface area contributed by atoms with Crippen molar-refractivity contribution in [2.75, 3.05) is 17.7 Å². The number of β-lactam (4-membered cyclic amide) rings is 1. The Morgan fingerprint density at radius 1 is 0.949 bits per heavy atom. The highest BCUT2D eigenvalue weighted by Crippen LogP contribution is 2.42. The fourth-order valence-electron chi connectivity index (χ4n) is 4.61. The third kappa shape index (κ3) is 6.04. The molecule has 0 aromatic heterocycles. The molecule has 0 spiro atoms. The number of thioether (sulfide) groups is 1. The van der Waals surface area contributed by atoms with Gasteiger partial charge < -0.3 is 14.8 Å². The van der Waals surface area contributed by atoms with E-state index < -0.39 is 29.4 Å². The van der Waals surface area contributed by atoms with Crippen molar-refractivity contribution in [2.45, 2.75) is 23.9 Å². The highest BCUT2D eigenvalue weighted by atomic mass is 79.9. The number of carbonyl (C=O) groups is 3. The van der Waals surface area contributed by atoms with Gasteiger partial charge in [-0.2, -0.15) is 0 Å². The summed E-state index contributed by atoms with van der Waals surface area (Å²) in [5, 5.41) is 3.02. The minimum Gasteiger partial charge on any atom is -0.484 e. The summed E-state index contributed by atoms with van der Waals surface area (Å²) in [5.41, 5.74) is 2.77. The first-order chi connectivity index (χ1) is 19.1. The van der Waals surface area contributed by atoms with Gasteiger partial charge in [-0.3, -0.25) is 14.5 Å². The number of ether oxygens (including phenoxy) is 2. The molecule has 0 radical (unpaired) electrons. The molecule has 2 amide bonds. The van der Waals surface area contributed by atoms with Crippen molar-refractivity contribution >= 4 is 45.5 Å². The summed E-state index contributed by atoms with van der Waals surface area (Å²) < 4.78 is 11.6. The van der Waals surface area contributed by atoms with Crippen LogP contribution in [0.25, 0.3) is 0 Å². The Hall–Kier alpha value is -3.56. The smallest absolute Gasteiger partial charge is 0.356 e. The van der Waals surface area contributed by atoms with Crippen LogP contribution in [0, 0.1) is 0 Å². The van der Waals surface area contributed by atoms with E-state index in [0.717, 1.165) is 16.7 Å². The zero-order chi connectivity index (χ0) is 27.2. The predicted octanol–water partition coefficient (Wildman–Crippen LogP) is 4.84. The van der Waals surface area contributed by atoms with Crippen LogP contribution in [0.15, 0.2) is 102 Å². The molecule has 1 N–H and O–H groups in total. The number of rotatable bonds is 10. The number of hydrogen-bond acceptors (Lipinski definition) is 6. The van der Waals surface area contributed by atoms with Gasteiger partial charge in [0.25, 0.3) is 11.8 Å². The zero-order valence-electron chi connectivity index (χ0n) is 21.0. The summed E-state index contributed by atoms with van der Waals surface area (Å²) in [7, 11) is 0. The lowest BCUT2D eigenvalue weighted by Gasteiger charge is -2.49. The van der Waals surface area contributed by atoms with Crippen LogP contribution >= 0.6 is 27.7 Å². The second-order valence-electron chi connectivity index (χ2n) is 9.05. The van der Waals surface area contributed by atoms with Crippen LogP contribution in [0.1, 0.15) is 23.7 Å². The molecule has 0 bridgehead atoms. The van der Waals surface area contributed by atoms with E-state index >= 15 is 0 Å². The molecule has 200 valence electrons. The Bertz CT molecular complexity index is 1310. The average Bonchev–Trinajstić information content (AvgIpc) is 2.98. The highest BCUT2D eigenvalue weighted by molar-refractivity contribution is 9.09. The van der Waals surface area contributed by atoms with Crippen molar-refractivity contribution < 1.29 is 23.9 Å². The molecule has 1 fully saturated rings. The fourth-order valence-corrected chi connectivity index (χ4v) is 6.47. The molecule has 39 heavy (non-hydrogen) atoms. The molecule has 9 heteroatoms. The summed E-state index contributed by atoms with van der Waals surface area (Å²) in [4.78, 5) is 41.1. The van der Waals surface area contributed by atoms with Crippen LogP contribution in [-0.4, -0.2) is 51.8 Å². The molecule has 2 heterocycles. The Balaban J connectivity index is 1.33. The average molecular weight is 608 g/mol. The Morgan fingerprint density at radius 3 is 2.13 bits per heavy atom. The summed E-state index contributed by atoms with van der Waals surface area (Å²) in [6, 6.07) is 27.3. The number of halogens is 1. The normalized spacial score (nSPS) is 18.3. The Kier molecular flexibility index (Phi) is 8.68. The lowest BCUT2D eigenvalue weighted by molar-refractivity contribution is -0.154. The van der Waals surface area contributed by atoms with Crippen LogP contribution in [-0.2, 0) is 19.1 Å². The van der Waals surface area contributed by atoms with Crippen LogP contribution in [0.4, 0.5) is 0 Å². The zero-order valence-corrected chi connectivity index (χ0v) is 23.4. The molecule has 2 atom stereocenters. The van der Waals surface area contributed by atoms with E-state index in [1.165, 1.54) is 16.7 Å². The number of hydrogen-bond donors (Lipinski definition) is 1. The molecule has 7 nitrogen and oxygen atoms in total. The summed E-state index contributed by atoms with van der Waals surface area (Å²) in [6.45, 7) is -0.208. The molecule has 2 aliphatic heterocycles. The van der Waals surface area contributed by atoms with Crippen LogP contribution in [0.3, 0.4) is 0 Å². The molecule has 0 unspecified atom stereocenters. The molecule has 3 aromatic rings. The molecular weight excluding hydrogens is 580 g/mol. The van der Waals surface area contributed by atoms with E-state index in [4.69, 9.17) is 9.47 Å². The summed E-state index contributed by atoms with van der Waals surface area (Å²) in [6.07, 6.45) is -0.0373. The monoisotopic (exact) mass is 606 g/mol. The van der Waals surface area contributed by atoms with Gasteiger partial charge in [0.15, 0.2) is 12.7 Å². The third-order valence-electron chi connectivity index (χ3n) is 6.50. The van der Waals surface area contributed by atoms with Gasteiger partial charge in [0.2, 0.25) is 0 Å². The van der Waals surface area contributed by atoms with E-state index in [2.05, 4.69) is 21.2 Å². The van der Waals surface area contributed by atoms with E-state index in [-0.39, 0.29) is 18.2 Å². The minimum atomic E-state index is -0.741. The van der Waals surface area contributed by atoms with E-state index in [1.807, 2.05) is 78.9 Å². The molecule has 1 saturated heterocycles. The maximum Gasteiger partial charge on any atom is 0.356 e. The maximum atomic E-state index is 13.8. The number of esters is 1. The number of nitrogens with zero attached hydrogens (tertiary/aromatic N) is 1. The standard InChI is InChI=1S/C30H27BrN2O5S/c31-17-16-22-19-39-29-25(32-24(34)18-37-23-14-8-3-9-15-23)28(35)33(29)26(22)30(36)38-27(20-10-4-1-5-11-20)21-12-6-2-7-13-21/h1-15,25,27,29H,16-19H2,(H,32,34)/t25-,29-/m1/s1. The van der Waals surface area contributed by atoms with Gasteiger partial charge in [-0.25, -0.2) is 4.79 Å². The van der Waals surface area contributed by atoms with Crippen molar-refractivity contribution in [2.24, 2.45) is 0 Å². The number of carbonyl (C=O) groups excluding carboxylic acids is 3. The van der Waals surface area contributed by atoms with E-state index in [9.17, 15) is 14.4 Å². The van der Waals surface area contributed by atoms with E-state index in [1.54, 1.807) is 12.1 Å². The first-order valence-electron chi connectivity index (χ1n) is 12.6. The predicted molar refractivity (Wildman–Crippen MR) is 153 cm³/mol. The van der Waals surface area contributed by atoms with Crippen LogP contribution in [0.2, 0.25) is 0 Å². The maximum absolute atomic E-state index is 13.8. The van der Waals surface area contributed by atoms with Crippen molar-refractivity contribution in [1.82, 2.24) is 10.2 Å². The summed E-state index contributed by atoms with van der Waals surface area (Å²) >= 11 is 4.99. The van der Waals surface area contributed by atoms with E-state index in [0.29, 0.717) is 23.3 Å². The van der Waals surface area contributed by atoms with Gasteiger partial charge >= 0.3 is 5.97 Å². The van der Waals surface area contributed by atoms with Crippen molar-refractivity contribution in [3.05, 3.63) is 113 Å². The van der Waals surface area contributed by atoms with Gasteiger partial charge in [0.1, 0.15) is 22.9 Å². The topological polar surface area (TPSA) is 84.9 Å². The highest BCUT2D eigenvalue weighted by Gasteiger charge is 2.54. The Labute approximate surface area is 239 Å². The number of para-hydroxylation sites is 1. The van der Waals surface area contributed by atoms with Gasteiger partial charge in [-0.15, -0.1) is 11.8 Å². The SMILES string of the molecule is O=C(COc1ccccc1)N[C@@H]1C(=O)N2C(C(=O)OC(c3ccccc3)c3ccccc3)=C(CCBr)CS[C@H]12. The number of amides is 2. The number of alkyl halides is 1. The quantitative estimate of drug-likeness (QED) is 0.202.